The summed E-state index contributed by atoms with van der Waals surface area (Å²) in [5, 5.41) is 0. The van der Waals surface area contributed by atoms with Crippen LogP contribution >= 0.6 is 0 Å². The fourth-order valence-electron chi connectivity index (χ4n) is 1.15. The van der Waals surface area contributed by atoms with E-state index < -0.39 is 0 Å². The van der Waals surface area contributed by atoms with Gasteiger partial charge >= 0.3 is 0 Å². The normalized spacial score (nSPS) is 12.3. The largest absolute Gasteiger partial charge is 0.468 e. The molecule has 0 aliphatic rings. The molecule has 0 N–H and O–H groups in total. The van der Waals surface area contributed by atoms with E-state index in [-0.39, 0.29) is 9.76 Å². The Morgan fingerprint density at radius 2 is 2.00 bits per heavy atom. The fraction of sp³-hybridized carbons (Fsp3) is 1.00. The highest BCUT2D eigenvalue weighted by atomic mass is 28.3. The van der Waals surface area contributed by atoms with Gasteiger partial charge in [-0.25, -0.2) is 0 Å². The van der Waals surface area contributed by atoms with Gasteiger partial charge in [-0.05, 0) is 12.0 Å². The van der Waals surface area contributed by atoms with Crippen LogP contribution < -0.4 is 0 Å². The van der Waals surface area contributed by atoms with Gasteiger partial charge in [0.05, 0.1) is 0 Å². The quantitative estimate of drug-likeness (QED) is 0.430. The fourth-order valence-corrected chi connectivity index (χ4v) is 2.86. The summed E-state index contributed by atoms with van der Waals surface area (Å²) in [6, 6.07) is 1.40. The number of unbranched alkanes of at least 4 members (excludes halogenated alkanes) is 2. The topological polar surface area (TPSA) is 9.23 Å². The van der Waals surface area contributed by atoms with Crippen molar-refractivity contribution in [2.75, 3.05) is 0 Å². The van der Waals surface area contributed by atoms with Crippen molar-refractivity contribution in [2.24, 2.45) is 5.92 Å². The van der Waals surface area contributed by atoms with Crippen LogP contribution in [0.4, 0.5) is 0 Å². The summed E-state index contributed by atoms with van der Waals surface area (Å²) >= 11 is 0. The van der Waals surface area contributed by atoms with Crippen LogP contribution in [-0.4, -0.2) is 20.2 Å². The molecule has 0 unspecified atom stereocenters. The van der Waals surface area contributed by atoms with Crippen LogP contribution in [0.3, 0.4) is 0 Å². The smallest absolute Gasteiger partial charge is 0.145 e. The van der Waals surface area contributed by atoms with Gasteiger partial charge in [0.2, 0.25) is 0 Å². The predicted molar refractivity (Wildman–Crippen MR) is 57.7 cm³/mol. The molecule has 0 atom stereocenters. The summed E-state index contributed by atoms with van der Waals surface area (Å²) in [5.74, 6) is 0.891. The molecule has 3 heteroatoms. The summed E-state index contributed by atoms with van der Waals surface area (Å²) in [4.78, 5) is 0. The van der Waals surface area contributed by atoms with Crippen molar-refractivity contribution >= 4 is 20.2 Å². The molecule has 0 aromatic heterocycles. The van der Waals surface area contributed by atoms with Crippen molar-refractivity contribution in [3.05, 3.63) is 0 Å². The van der Waals surface area contributed by atoms with E-state index in [0.29, 0.717) is 0 Å². The van der Waals surface area contributed by atoms with Crippen LogP contribution in [0, 0.1) is 5.92 Å². The molecule has 0 amide bonds. The summed E-state index contributed by atoms with van der Waals surface area (Å²) in [6.07, 6.45) is 5.67. The Hall–Kier alpha value is 0.394. The Bertz CT molecular complexity index is 76.5. The zero-order chi connectivity index (χ0) is 8.53. The van der Waals surface area contributed by atoms with Gasteiger partial charge in [-0.1, -0.05) is 39.5 Å². The summed E-state index contributed by atoms with van der Waals surface area (Å²) in [5.41, 5.74) is 0. The maximum atomic E-state index is 5.25. The Labute approximate surface area is 76.4 Å². The van der Waals surface area contributed by atoms with Crippen LogP contribution in [0.5, 0.6) is 0 Å². The second-order valence-electron chi connectivity index (χ2n) is 3.59. The molecule has 0 fully saturated rings. The standard InChI is InChI=1S/C8H22OSi2/c1-8(2)6-4-3-5-7-11-9-10/h8H,3-7,11H2,1-2,10H3. The highest BCUT2D eigenvalue weighted by Crippen LogP contribution is 2.09. The lowest BCUT2D eigenvalue weighted by atomic mass is 10.1. The zero-order valence-electron chi connectivity index (χ0n) is 8.23. The van der Waals surface area contributed by atoms with Crippen LogP contribution in [-0.2, 0) is 4.12 Å². The zero-order valence-corrected chi connectivity index (χ0v) is 11.6. The number of rotatable bonds is 7. The molecule has 0 aromatic carbocycles. The maximum Gasteiger partial charge on any atom is 0.145 e. The lowest BCUT2D eigenvalue weighted by molar-refractivity contribution is 0.531. The Morgan fingerprint density at radius 1 is 1.27 bits per heavy atom. The number of hydrogen-bond acceptors (Lipinski definition) is 1. The van der Waals surface area contributed by atoms with Gasteiger partial charge in [0.25, 0.3) is 0 Å². The monoisotopic (exact) mass is 190 g/mol. The van der Waals surface area contributed by atoms with Crippen molar-refractivity contribution in [3.63, 3.8) is 0 Å². The van der Waals surface area contributed by atoms with E-state index in [4.69, 9.17) is 4.12 Å². The summed E-state index contributed by atoms with van der Waals surface area (Å²) in [7, 11) is 0.903. The Kier molecular flexibility index (Phi) is 8.79. The molecule has 68 valence electrons. The van der Waals surface area contributed by atoms with E-state index in [9.17, 15) is 0 Å². The minimum Gasteiger partial charge on any atom is -0.468 e. The molecule has 0 aliphatic carbocycles. The van der Waals surface area contributed by atoms with Crippen molar-refractivity contribution in [2.45, 2.75) is 45.6 Å². The third kappa shape index (κ3) is 10.4. The summed E-state index contributed by atoms with van der Waals surface area (Å²) in [6.45, 7) is 4.60. The van der Waals surface area contributed by atoms with Crippen molar-refractivity contribution in [1.29, 1.82) is 0 Å². The van der Waals surface area contributed by atoms with Gasteiger partial charge in [0, 0.05) is 0 Å². The first-order valence-corrected chi connectivity index (χ1v) is 7.15. The Balaban J connectivity index is 2.80. The molecule has 1 nitrogen and oxygen atoms in total. The molecule has 0 saturated carbocycles. The van der Waals surface area contributed by atoms with Crippen LogP contribution in [0.15, 0.2) is 0 Å². The SMILES string of the molecule is CC(C)CCCCC[SiH2]O[SiH3]. The predicted octanol–water partition coefficient (Wildman–Crippen LogP) is 1.00. The Morgan fingerprint density at radius 3 is 2.55 bits per heavy atom. The van der Waals surface area contributed by atoms with Gasteiger partial charge in [0.1, 0.15) is 20.2 Å². The van der Waals surface area contributed by atoms with Crippen molar-refractivity contribution in [1.82, 2.24) is 0 Å². The molecule has 0 saturated heterocycles. The van der Waals surface area contributed by atoms with Crippen molar-refractivity contribution in [3.8, 4) is 0 Å². The van der Waals surface area contributed by atoms with E-state index in [1.807, 2.05) is 0 Å². The van der Waals surface area contributed by atoms with Crippen LogP contribution in [0.25, 0.3) is 0 Å². The third-order valence-electron chi connectivity index (χ3n) is 1.88. The lowest BCUT2D eigenvalue weighted by Gasteiger charge is -2.03. The highest BCUT2D eigenvalue weighted by Gasteiger charge is 1.93. The molecule has 0 heterocycles. The van der Waals surface area contributed by atoms with Crippen molar-refractivity contribution < 1.29 is 4.12 Å². The average Bonchev–Trinajstić information content (AvgIpc) is 1.96. The first-order chi connectivity index (χ1) is 5.27. The van der Waals surface area contributed by atoms with E-state index >= 15 is 0 Å². The lowest BCUT2D eigenvalue weighted by Crippen LogP contribution is -1.94. The molecule has 0 aliphatic heterocycles. The molecule has 11 heavy (non-hydrogen) atoms. The second kappa shape index (κ2) is 8.49. The summed E-state index contributed by atoms with van der Waals surface area (Å²) < 4.78 is 5.25. The van der Waals surface area contributed by atoms with E-state index in [0.717, 1.165) is 16.4 Å². The molecule has 0 bridgehead atoms. The molecular formula is C8H22OSi2. The third-order valence-corrected chi connectivity index (χ3v) is 4.30. The van der Waals surface area contributed by atoms with E-state index in [1.165, 1.54) is 31.7 Å². The molecule has 0 spiro atoms. The van der Waals surface area contributed by atoms with Gasteiger partial charge in [-0.2, -0.15) is 0 Å². The van der Waals surface area contributed by atoms with Gasteiger partial charge in [0.15, 0.2) is 0 Å². The number of hydrogen-bond donors (Lipinski definition) is 0. The van der Waals surface area contributed by atoms with Crippen LogP contribution in [0.1, 0.15) is 39.5 Å². The van der Waals surface area contributed by atoms with Crippen LogP contribution in [0.2, 0.25) is 6.04 Å². The maximum absolute atomic E-state index is 5.25. The molecule has 0 rings (SSSR count). The van der Waals surface area contributed by atoms with Gasteiger partial charge in [-0.15, -0.1) is 0 Å². The van der Waals surface area contributed by atoms with E-state index in [1.54, 1.807) is 0 Å². The first kappa shape index (κ1) is 11.4. The van der Waals surface area contributed by atoms with Gasteiger partial charge in [-0.3, -0.25) is 0 Å². The molecular weight excluding hydrogens is 168 g/mol. The van der Waals surface area contributed by atoms with E-state index in [2.05, 4.69) is 13.8 Å². The second-order valence-corrected chi connectivity index (χ2v) is 7.01. The average molecular weight is 190 g/mol. The first-order valence-electron chi connectivity index (χ1n) is 4.76. The van der Waals surface area contributed by atoms with Gasteiger partial charge < -0.3 is 4.12 Å². The highest BCUT2D eigenvalue weighted by molar-refractivity contribution is 6.34. The molecule has 0 radical (unpaired) electrons. The minimum atomic E-state index is -0.0639. The minimum absolute atomic E-state index is 0.0639. The molecule has 0 aromatic rings.